The topological polar surface area (TPSA) is 32.3 Å². The summed E-state index contributed by atoms with van der Waals surface area (Å²) in [6.07, 6.45) is -2.11. The second-order valence-electron chi connectivity index (χ2n) is 4.69. The van der Waals surface area contributed by atoms with Crippen molar-refractivity contribution in [3.63, 3.8) is 0 Å². The monoisotopic (exact) mass is 259 g/mol. The molecule has 2 rings (SSSR count). The average Bonchev–Trinajstić information content (AvgIpc) is 3.13. The van der Waals surface area contributed by atoms with Crippen molar-refractivity contribution in [2.45, 2.75) is 31.0 Å². The van der Waals surface area contributed by atoms with Gasteiger partial charge in [0.1, 0.15) is 0 Å². The standard InChI is InChI=1S/C13H16F3NO/c14-13(15,16)11-3-1-2-9(6-11)10(8-18)7-17-12-4-5-12/h1-3,6,10,12,17-18H,4-5,7-8H2. The highest BCUT2D eigenvalue weighted by Gasteiger charge is 2.31. The maximum Gasteiger partial charge on any atom is 0.416 e. The molecule has 1 unspecified atom stereocenters. The van der Waals surface area contributed by atoms with Gasteiger partial charge in [-0.1, -0.05) is 18.2 Å². The predicted molar refractivity (Wildman–Crippen MR) is 62.3 cm³/mol. The molecule has 0 saturated heterocycles. The molecule has 1 aliphatic rings. The summed E-state index contributed by atoms with van der Waals surface area (Å²) in [4.78, 5) is 0. The van der Waals surface area contributed by atoms with Gasteiger partial charge in [0.25, 0.3) is 0 Å². The molecule has 0 aromatic heterocycles. The van der Waals surface area contributed by atoms with Crippen LogP contribution in [0.4, 0.5) is 13.2 Å². The summed E-state index contributed by atoms with van der Waals surface area (Å²) >= 11 is 0. The third kappa shape index (κ3) is 3.46. The molecule has 1 aromatic rings. The van der Waals surface area contributed by atoms with Crippen molar-refractivity contribution in [1.82, 2.24) is 5.32 Å². The van der Waals surface area contributed by atoms with Gasteiger partial charge in [-0.15, -0.1) is 0 Å². The molecule has 0 aliphatic heterocycles. The van der Waals surface area contributed by atoms with Crippen molar-refractivity contribution >= 4 is 0 Å². The molecular weight excluding hydrogens is 243 g/mol. The first-order valence-electron chi connectivity index (χ1n) is 6.02. The van der Waals surface area contributed by atoms with E-state index in [2.05, 4.69) is 5.32 Å². The van der Waals surface area contributed by atoms with Gasteiger partial charge >= 0.3 is 6.18 Å². The molecule has 0 radical (unpaired) electrons. The number of nitrogens with one attached hydrogen (secondary N) is 1. The highest BCUT2D eigenvalue weighted by molar-refractivity contribution is 5.28. The zero-order chi connectivity index (χ0) is 13.2. The molecule has 18 heavy (non-hydrogen) atoms. The molecule has 0 amide bonds. The Bertz CT molecular complexity index is 401. The fourth-order valence-electron chi connectivity index (χ4n) is 1.85. The summed E-state index contributed by atoms with van der Waals surface area (Å²) in [6, 6.07) is 5.66. The van der Waals surface area contributed by atoms with Gasteiger partial charge in [-0.05, 0) is 24.5 Å². The highest BCUT2D eigenvalue weighted by Crippen LogP contribution is 2.31. The molecule has 5 heteroatoms. The molecule has 0 heterocycles. The number of alkyl halides is 3. The normalized spacial score (nSPS) is 17.8. The van der Waals surface area contributed by atoms with Crippen LogP contribution in [-0.4, -0.2) is 24.3 Å². The fraction of sp³-hybridized carbons (Fsp3) is 0.538. The van der Waals surface area contributed by atoms with Crippen molar-refractivity contribution in [2.24, 2.45) is 0 Å². The summed E-state index contributed by atoms with van der Waals surface area (Å²) in [5.74, 6) is -0.284. The molecule has 1 aromatic carbocycles. The molecular formula is C13H16F3NO. The average molecular weight is 259 g/mol. The molecule has 0 bridgehead atoms. The van der Waals surface area contributed by atoms with Gasteiger partial charge in [0.15, 0.2) is 0 Å². The van der Waals surface area contributed by atoms with E-state index in [-0.39, 0.29) is 12.5 Å². The van der Waals surface area contributed by atoms with Gasteiger partial charge in [-0.25, -0.2) is 0 Å². The van der Waals surface area contributed by atoms with Crippen LogP contribution in [0.5, 0.6) is 0 Å². The van der Waals surface area contributed by atoms with Crippen molar-refractivity contribution in [2.75, 3.05) is 13.2 Å². The van der Waals surface area contributed by atoms with E-state index in [1.165, 1.54) is 6.07 Å². The second-order valence-corrected chi connectivity index (χ2v) is 4.69. The SMILES string of the molecule is OCC(CNC1CC1)c1cccc(C(F)(F)F)c1. The minimum Gasteiger partial charge on any atom is -0.396 e. The Morgan fingerprint density at radius 3 is 2.61 bits per heavy atom. The largest absolute Gasteiger partial charge is 0.416 e. The Balaban J connectivity index is 2.08. The van der Waals surface area contributed by atoms with Crippen LogP contribution >= 0.6 is 0 Å². The third-order valence-electron chi connectivity index (χ3n) is 3.14. The molecule has 1 saturated carbocycles. The number of hydrogen-bond acceptors (Lipinski definition) is 2. The molecule has 2 N–H and O–H groups in total. The summed E-state index contributed by atoms with van der Waals surface area (Å²) < 4.78 is 37.7. The maximum atomic E-state index is 12.6. The lowest BCUT2D eigenvalue weighted by atomic mass is 9.97. The lowest BCUT2D eigenvalue weighted by Crippen LogP contribution is -2.25. The second kappa shape index (κ2) is 5.28. The van der Waals surface area contributed by atoms with Gasteiger partial charge in [-0.2, -0.15) is 13.2 Å². The summed E-state index contributed by atoms with van der Waals surface area (Å²) in [5, 5.41) is 12.5. The summed E-state index contributed by atoms with van der Waals surface area (Å²) in [6.45, 7) is 0.365. The minimum atomic E-state index is -4.33. The Morgan fingerprint density at radius 1 is 1.33 bits per heavy atom. The number of halogens is 3. The van der Waals surface area contributed by atoms with Gasteiger partial charge in [0, 0.05) is 18.5 Å². The lowest BCUT2D eigenvalue weighted by molar-refractivity contribution is -0.137. The summed E-state index contributed by atoms with van der Waals surface area (Å²) in [5.41, 5.74) is -0.134. The minimum absolute atomic E-state index is 0.152. The van der Waals surface area contributed by atoms with E-state index < -0.39 is 11.7 Å². The fourth-order valence-corrected chi connectivity index (χ4v) is 1.85. The van der Waals surface area contributed by atoms with Gasteiger partial charge in [0.2, 0.25) is 0 Å². The van der Waals surface area contributed by atoms with Gasteiger partial charge in [-0.3, -0.25) is 0 Å². The first-order valence-corrected chi connectivity index (χ1v) is 6.02. The van der Waals surface area contributed by atoms with Crippen molar-refractivity contribution in [1.29, 1.82) is 0 Å². The quantitative estimate of drug-likeness (QED) is 0.851. The van der Waals surface area contributed by atoms with Gasteiger partial charge in [0.05, 0.1) is 12.2 Å². The molecule has 1 atom stereocenters. The molecule has 100 valence electrons. The first-order chi connectivity index (χ1) is 8.50. The van der Waals surface area contributed by atoms with E-state index in [9.17, 15) is 18.3 Å². The lowest BCUT2D eigenvalue weighted by Gasteiger charge is -2.17. The van der Waals surface area contributed by atoms with Crippen LogP contribution in [0.1, 0.15) is 29.9 Å². The molecule has 1 fully saturated rings. The molecule has 1 aliphatic carbocycles. The van der Waals surface area contributed by atoms with E-state index in [0.717, 1.165) is 25.0 Å². The number of aliphatic hydroxyl groups is 1. The molecule has 0 spiro atoms. The van der Waals surface area contributed by atoms with Crippen molar-refractivity contribution in [3.8, 4) is 0 Å². The van der Waals surface area contributed by atoms with Crippen molar-refractivity contribution < 1.29 is 18.3 Å². The zero-order valence-electron chi connectivity index (χ0n) is 9.87. The first kappa shape index (κ1) is 13.4. The van der Waals surface area contributed by atoms with Crippen LogP contribution < -0.4 is 5.32 Å². The van der Waals surface area contributed by atoms with E-state index in [4.69, 9.17) is 0 Å². The van der Waals surface area contributed by atoms with E-state index in [1.54, 1.807) is 6.07 Å². The van der Waals surface area contributed by atoms with E-state index in [0.29, 0.717) is 18.2 Å². The van der Waals surface area contributed by atoms with Crippen molar-refractivity contribution in [3.05, 3.63) is 35.4 Å². The number of benzene rings is 1. The Labute approximate surface area is 104 Å². The van der Waals surface area contributed by atoms with Crippen LogP contribution in [0.15, 0.2) is 24.3 Å². The Morgan fingerprint density at radius 2 is 2.06 bits per heavy atom. The summed E-state index contributed by atoms with van der Waals surface area (Å²) in [7, 11) is 0. The van der Waals surface area contributed by atoms with Crippen LogP contribution in [0.2, 0.25) is 0 Å². The van der Waals surface area contributed by atoms with Crippen LogP contribution in [0.3, 0.4) is 0 Å². The van der Waals surface area contributed by atoms with Crippen LogP contribution in [0.25, 0.3) is 0 Å². The Kier molecular flexibility index (Phi) is 3.92. The predicted octanol–water partition coefficient (Wildman–Crippen LogP) is 2.53. The molecule has 2 nitrogen and oxygen atoms in total. The van der Waals surface area contributed by atoms with E-state index in [1.807, 2.05) is 0 Å². The van der Waals surface area contributed by atoms with Crippen LogP contribution in [0, 0.1) is 0 Å². The smallest absolute Gasteiger partial charge is 0.396 e. The third-order valence-corrected chi connectivity index (χ3v) is 3.14. The van der Waals surface area contributed by atoms with Gasteiger partial charge < -0.3 is 10.4 Å². The number of aliphatic hydroxyl groups excluding tert-OH is 1. The zero-order valence-corrected chi connectivity index (χ0v) is 9.87. The number of hydrogen-bond donors (Lipinski definition) is 2. The van der Waals surface area contributed by atoms with E-state index >= 15 is 0 Å². The number of rotatable bonds is 5. The Hall–Kier alpha value is -1.07. The van der Waals surface area contributed by atoms with Crippen LogP contribution in [-0.2, 0) is 6.18 Å². The maximum absolute atomic E-state index is 12.6. The highest BCUT2D eigenvalue weighted by atomic mass is 19.4.